The van der Waals surface area contributed by atoms with Gasteiger partial charge in [-0.3, -0.25) is 0 Å². The largest absolute Gasteiger partial charge is 0.465 e. The van der Waals surface area contributed by atoms with Gasteiger partial charge in [0.05, 0.1) is 23.3 Å². The van der Waals surface area contributed by atoms with E-state index in [0.717, 1.165) is 0 Å². The SMILES string of the molecule is COC(=O)c1ccc(Cl)c(C#N)c1CBr. The number of rotatable bonds is 2. The van der Waals surface area contributed by atoms with E-state index in [-0.39, 0.29) is 0 Å². The van der Waals surface area contributed by atoms with Gasteiger partial charge in [0.2, 0.25) is 0 Å². The van der Waals surface area contributed by atoms with Gasteiger partial charge in [-0.05, 0) is 17.7 Å². The van der Waals surface area contributed by atoms with Crippen molar-refractivity contribution in [2.24, 2.45) is 0 Å². The number of nitrogens with zero attached hydrogens (tertiary/aromatic N) is 1. The molecule has 0 aliphatic carbocycles. The van der Waals surface area contributed by atoms with Crippen molar-refractivity contribution in [1.82, 2.24) is 0 Å². The molecule has 0 spiro atoms. The second-order valence-corrected chi connectivity index (χ2v) is 3.65. The van der Waals surface area contributed by atoms with E-state index in [4.69, 9.17) is 16.9 Å². The molecule has 0 amide bonds. The van der Waals surface area contributed by atoms with Gasteiger partial charge in [-0.1, -0.05) is 27.5 Å². The number of esters is 1. The molecule has 78 valence electrons. The van der Waals surface area contributed by atoms with E-state index in [0.29, 0.717) is 27.0 Å². The number of ether oxygens (including phenoxy) is 1. The lowest BCUT2D eigenvalue weighted by Gasteiger charge is -2.08. The second kappa shape index (κ2) is 5.15. The van der Waals surface area contributed by atoms with E-state index >= 15 is 0 Å². The van der Waals surface area contributed by atoms with Gasteiger partial charge in [0.15, 0.2) is 0 Å². The summed E-state index contributed by atoms with van der Waals surface area (Å²) in [7, 11) is 1.29. The average Bonchev–Trinajstić information content (AvgIpc) is 2.27. The minimum Gasteiger partial charge on any atom is -0.465 e. The topological polar surface area (TPSA) is 50.1 Å². The number of halogens is 2. The molecule has 0 aliphatic rings. The van der Waals surface area contributed by atoms with Crippen LogP contribution < -0.4 is 0 Å². The number of benzene rings is 1. The third kappa shape index (κ3) is 2.31. The summed E-state index contributed by atoms with van der Waals surface area (Å²) in [6.45, 7) is 0. The van der Waals surface area contributed by atoms with Crippen molar-refractivity contribution < 1.29 is 9.53 Å². The Kier molecular flexibility index (Phi) is 4.13. The fourth-order valence-corrected chi connectivity index (χ4v) is 1.98. The van der Waals surface area contributed by atoms with E-state index in [1.165, 1.54) is 13.2 Å². The quantitative estimate of drug-likeness (QED) is 0.621. The molecule has 15 heavy (non-hydrogen) atoms. The summed E-state index contributed by atoms with van der Waals surface area (Å²) in [4.78, 5) is 11.4. The molecule has 1 rings (SSSR count). The Morgan fingerprint density at radius 3 is 2.80 bits per heavy atom. The number of hydrogen-bond donors (Lipinski definition) is 0. The Hall–Kier alpha value is -1.05. The first-order valence-corrected chi connectivity index (χ1v) is 5.51. The first-order chi connectivity index (χ1) is 7.15. The van der Waals surface area contributed by atoms with Gasteiger partial charge < -0.3 is 4.74 Å². The van der Waals surface area contributed by atoms with Crippen molar-refractivity contribution in [3.63, 3.8) is 0 Å². The Bertz CT molecular complexity index is 440. The summed E-state index contributed by atoms with van der Waals surface area (Å²) in [6, 6.07) is 5.02. The normalized spacial score (nSPS) is 9.47. The molecular weight excluding hydrogens is 281 g/mol. The number of alkyl halides is 1. The van der Waals surface area contributed by atoms with Crippen LogP contribution in [0.2, 0.25) is 5.02 Å². The smallest absolute Gasteiger partial charge is 0.338 e. The summed E-state index contributed by atoms with van der Waals surface area (Å²) >= 11 is 9.05. The van der Waals surface area contributed by atoms with E-state index in [1.807, 2.05) is 6.07 Å². The van der Waals surface area contributed by atoms with Gasteiger partial charge in [0.25, 0.3) is 0 Å². The van der Waals surface area contributed by atoms with Crippen LogP contribution in [0.5, 0.6) is 0 Å². The number of methoxy groups -OCH3 is 1. The minimum absolute atomic E-state index is 0.302. The molecule has 0 bridgehead atoms. The summed E-state index contributed by atoms with van der Waals surface area (Å²) in [6.07, 6.45) is 0. The maximum absolute atomic E-state index is 11.4. The van der Waals surface area contributed by atoms with Crippen LogP contribution in [0, 0.1) is 11.3 Å². The lowest BCUT2D eigenvalue weighted by molar-refractivity contribution is 0.0600. The number of carbonyl (C=O) groups is 1. The van der Waals surface area contributed by atoms with Crippen molar-refractivity contribution in [2.45, 2.75) is 5.33 Å². The maximum atomic E-state index is 11.4. The van der Waals surface area contributed by atoms with E-state index < -0.39 is 5.97 Å². The van der Waals surface area contributed by atoms with Gasteiger partial charge in [-0.2, -0.15) is 5.26 Å². The highest BCUT2D eigenvalue weighted by Gasteiger charge is 2.16. The molecule has 1 aromatic rings. The Morgan fingerprint density at radius 2 is 2.33 bits per heavy atom. The molecule has 1 aromatic carbocycles. The first-order valence-electron chi connectivity index (χ1n) is 4.01. The zero-order chi connectivity index (χ0) is 11.4. The maximum Gasteiger partial charge on any atom is 0.338 e. The molecule has 0 unspecified atom stereocenters. The van der Waals surface area contributed by atoms with E-state index in [9.17, 15) is 4.79 Å². The van der Waals surface area contributed by atoms with Crippen LogP contribution in [0.1, 0.15) is 21.5 Å². The van der Waals surface area contributed by atoms with Crippen LogP contribution >= 0.6 is 27.5 Å². The second-order valence-electron chi connectivity index (χ2n) is 2.69. The van der Waals surface area contributed by atoms with Crippen LogP contribution in [0.4, 0.5) is 0 Å². The summed E-state index contributed by atoms with van der Waals surface area (Å²) in [5.41, 5.74) is 1.21. The predicted molar refractivity (Wildman–Crippen MR) is 60.1 cm³/mol. The minimum atomic E-state index is -0.474. The van der Waals surface area contributed by atoms with Gasteiger partial charge in [0, 0.05) is 5.33 Å². The molecule has 0 N–H and O–H groups in total. The molecule has 0 aromatic heterocycles. The molecule has 0 atom stereocenters. The lowest BCUT2D eigenvalue weighted by Crippen LogP contribution is -2.06. The van der Waals surface area contributed by atoms with Gasteiger partial charge in [-0.25, -0.2) is 4.79 Å². The van der Waals surface area contributed by atoms with Crippen LogP contribution in [0.25, 0.3) is 0 Å². The average molecular weight is 289 g/mol. The molecule has 3 nitrogen and oxygen atoms in total. The third-order valence-corrected chi connectivity index (χ3v) is 2.79. The highest BCUT2D eigenvalue weighted by Crippen LogP contribution is 2.25. The molecule has 0 saturated heterocycles. The standard InChI is InChI=1S/C10H7BrClNO2/c1-15-10(14)6-2-3-9(12)8(5-13)7(6)4-11/h2-3H,4H2,1H3. The number of nitriles is 1. The highest BCUT2D eigenvalue weighted by atomic mass is 79.9. The first kappa shape index (κ1) is 12.0. The fourth-order valence-electron chi connectivity index (χ4n) is 1.18. The number of carbonyl (C=O) groups excluding carboxylic acids is 1. The molecule has 0 radical (unpaired) electrons. The zero-order valence-corrected chi connectivity index (χ0v) is 10.2. The summed E-state index contributed by atoms with van der Waals surface area (Å²) in [5.74, 6) is -0.474. The van der Waals surface area contributed by atoms with Crippen LogP contribution in [0.15, 0.2) is 12.1 Å². The monoisotopic (exact) mass is 287 g/mol. The number of hydrogen-bond acceptors (Lipinski definition) is 3. The predicted octanol–water partition coefficient (Wildman–Crippen LogP) is 2.89. The molecule has 0 aliphatic heterocycles. The highest BCUT2D eigenvalue weighted by molar-refractivity contribution is 9.08. The van der Waals surface area contributed by atoms with Crippen LogP contribution in [-0.4, -0.2) is 13.1 Å². The van der Waals surface area contributed by atoms with Gasteiger partial charge >= 0.3 is 5.97 Å². The van der Waals surface area contributed by atoms with Gasteiger partial charge in [0.1, 0.15) is 6.07 Å². The van der Waals surface area contributed by atoms with E-state index in [1.54, 1.807) is 6.07 Å². The Balaban J connectivity index is 3.43. The van der Waals surface area contributed by atoms with Crippen LogP contribution in [-0.2, 0) is 10.1 Å². The summed E-state index contributed by atoms with van der Waals surface area (Å²) in [5, 5.41) is 9.61. The molecule has 0 saturated carbocycles. The van der Waals surface area contributed by atoms with Crippen molar-refractivity contribution in [2.75, 3.05) is 7.11 Å². The molecular formula is C10H7BrClNO2. The fraction of sp³-hybridized carbons (Fsp3) is 0.200. The lowest BCUT2D eigenvalue weighted by atomic mass is 10.0. The zero-order valence-electron chi connectivity index (χ0n) is 7.88. The van der Waals surface area contributed by atoms with Crippen molar-refractivity contribution in [3.05, 3.63) is 33.8 Å². The van der Waals surface area contributed by atoms with Crippen molar-refractivity contribution >= 4 is 33.5 Å². The van der Waals surface area contributed by atoms with Crippen molar-refractivity contribution in [1.29, 1.82) is 5.26 Å². The summed E-state index contributed by atoms with van der Waals surface area (Å²) < 4.78 is 4.61. The molecule has 5 heteroatoms. The van der Waals surface area contributed by atoms with Crippen molar-refractivity contribution in [3.8, 4) is 6.07 Å². The third-order valence-electron chi connectivity index (χ3n) is 1.91. The Morgan fingerprint density at radius 1 is 1.67 bits per heavy atom. The Labute approximate surface area is 101 Å². The molecule has 0 fully saturated rings. The van der Waals surface area contributed by atoms with Crippen LogP contribution in [0.3, 0.4) is 0 Å². The van der Waals surface area contributed by atoms with Gasteiger partial charge in [-0.15, -0.1) is 0 Å². The van der Waals surface area contributed by atoms with E-state index in [2.05, 4.69) is 20.7 Å². The molecule has 0 heterocycles.